The number of anilines is 1. The van der Waals surface area contributed by atoms with Crippen LogP contribution in [0.5, 0.6) is 11.5 Å². The van der Waals surface area contributed by atoms with Crippen molar-refractivity contribution in [2.75, 3.05) is 76.4 Å². The second kappa shape index (κ2) is 18.2. The van der Waals surface area contributed by atoms with Crippen LogP contribution in [0.25, 0.3) is 0 Å². The number of carbonyl (C=O) groups excluding carboxylic acids is 4. The zero-order chi connectivity index (χ0) is 42.0. The number of ether oxygens (including phenoxy) is 2. The van der Waals surface area contributed by atoms with E-state index in [-0.39, 0.29) is 36.7 Å². The zero-order valence-corrected chi connectivity index (χ0v) is 35.6. The number of nitrogens with one attached hydrogen (secondary N) is 1. The summed E-state index contributed by atoms with van der Waals surface area (Å²) in [7, 11) is 0. The molecule has 3 aromatic carbocycles. The van der Waals surface area contributed by atoms with Gasteiger partial charge in [-0.3, -0.25) is 29.4 Å². The van der Waals surface area contributed by atoms with Gasteiger partial charge in [-0.1, -0.05) is 44.2 Å². The van der Waals surface area contributed by atoms with Crippen molar-refractivity contribution < 1.29 is 33.8 Å². The van der Waals surface area contributed by atoms with E-state index in [1.807, 2.05) is 24.3 Å². The van der Waals surface area contributed by atoms with Crippen LogP contribution in [0, 0.1) is 17.8 Å². The summed E-state index contributed by atoms with van der Waals surface area (Å²) in [6.45, 7) is 13.8. The number of likely N-dealkylation sites (tertiary alicyclic amines) is 2. The molecule has 12 nitrogen and oxygen atoms in total. The van der Waals surface area contributed by atoms with Crippen molar-refractivity contribution in [3.05, 3.63) is 89.0 Å². The molecular weight excluding hydrogens is 782 g/mol. The molecule has 320 valence electrons. The van der Waals surface area contributed by atoms with Gasteiger partial charge in [0.1, 0.15) is 30.3 Å². The summed E-state index contributed by atoms with van der Waals surface area (Å²) in [6.07, 6.45) is 3.94. The molecule has 3 aromatic rings. The van der Waals surface area contributed by atoms with Crippen molar-refractivity contribution in [3.63, 3.8) is 0 Å². The summed E-state index contributed by atoms with van der Waals surface area (Å²) >= 11 is 5.67. The molecule has 4 fully saturated rings. The van der Waals surface area contributed by atoms with Gasteiger partial charge in [0, 0.05) is 51.1 Å². The lowest BCUT2D eigenvalue weighted by atomic mass is 9.78. The number of rotatable bonds is 15. The summed E-state index contributed by atoms with van der Waals surface area (Å²) in [6, 6.07) is 21.0. The molecule has 4 saturated heterocycles. The molecule has 5 aliphatic rings. The largest absolute Gasteiger partial charge is 0.493 e. The Morgan fingerprint density at radius 1 is 0.750 bits per heavy atom. The zero-order valence-electron chi connectivity index (χ0n) is 34.8. The van der Waals surface area contributed by atoms with Gasteiger partial charge in [-0.05, 0) is 110 Å². The molecule has 8 rings (SSSR count). The average Bonchev–Trinajstić information content (AvgIpc) is 3.50. The second-order valence-corrected chi connectivity index (χ2v) is 18.3. The van der Waals surface area contributed by atoms with Crippen molar-refractivity contribution in [1.82, 2.24) is 20.0 Å². The Bertz CT molecular complexity index is 2020. The van der Waals surface area contributed by atoms with Gasteiger partial charge in [-0.15, -0.1) is 11.6 Å². The predicted octanol–water partition coefficient (Wildman–Crippen LogP) is 5.33. The number of nitrogens with zero attached hydrogens (tertiary/aromatic N) is 4. The van der Waals surface area contributed by atoms with Crippen LogP contribution in [0.4, 0.5) is 5.69 Å². The third-order valence-electron chi connectivity index (χ3n) is 13.4. The average molecular weight is 840 g/mol. The van der Waals surface area contributed by atoms with Crippen LogP contribution < -0.4 is 19.7 Å². The van der Waals surface area contributed by atoms with E-state index in [0.29, 0.717) is 34.6 Å². The van der Waals surface area contributed by atoms with Crippen molar-refractivity contribution >= 4 is 40.9 Å². The highest BCUT2D eigenvalue weighted by atomic mass is 35.5. The number of carbonyl (C=O) groups is 4. The highest BCUT2D eigenvalue weighted by Gasteiger charge is 2.46. The molecule has 5 heterocycles. The quantitative estimate of drug-likeness (QED) is 0.153. The van der Waals surface area contributed by atoms with E-state index < -0.39 is 29.9 Å². The Hall–Kier alpha value is -4.49. The van der Waals surface area contributed by atoms with Gasteiger partial charge in [0.15, 0.2) is 0 Å². The number of hydrogen-bond donors (Lipinski definition) is 2. The molecule has 5 aliphatic heterocycles. The molecule has 0 aliphatic carbocycles. The molecule has 60 heavy (non-hydrogen) atoms. The van der Waals surface area contributed by atoms with Crippen molar-refractivity contribution in [1.29, 1.82) is 0 Å². The Kier molecular flexibility index (Phi) is 12.8. The van der Waals surface area contributed by atoms with E-state index in [2.05, 4.69) is 70.3 Å². The molecule has 0 bridgehead atoms. The van der Waals surface area contributed by atoms with E-state index >= 15 is 0 Å². The Morgan fingerprint density at radius 2 is 1.37 bits per heavy atom. The maximum atomic E-state index is 13.6. The Balaban J connectivity index is 0.722. The number of amides is 4. The summed E-state index contributed by atoms with van der Waals surface area (Å²) < 4.78 is 11.9. The summed E-state index contributed by atoms with van der Waals surface area (Å²) in [5, 5.41) is 11.9. The lowest BCUT2D eigenvalue weighted by Crippen LogP contribution is -2.54. The number of piperidine rings is 3. The van der Waals surface area contributed by atoms with Crippen LogP contribution in [0.2, 0.25) is 0 Å². The second-order valence-electron chi connectivity index (χ2n) is 18.0. The number of aliphatic hydroxyl groups is 1. The van der Waals surface area contributed by atoms with Crippen molar-refractivity contribution in [2.45, 2.75) is 69.9 Å². The summed E-state index contributed by atoms with van der Waals surface area (Å²) in [4.78, 5) is 59.7. The van der Waals surface area contributed by atoms with E-state index in [9.17, 15) is 24.3 Å². The fourth-order valence-electron chi connectivity index (χ4n) is 9.68. The van der Waals surface area contributed by atoms with Gasteiger partial charge in [0.05, 0.1) is 29.3 Å². The Labute approximate surface area is 358 Å². The van der Waals surface area contributed by atoms with Gasteiger partial charge in [0.2, 0.25) is 11.8 Å². The number of halogens is 1. The fourth-order valence-corrected chi connectivity index (χ4v) is 9.77. The first-order chi connectivity index (χ1) is 29.0. The normalized spacial score (nSPS) is 21.8. The third kappa shape index (κ3) is 9.22. The Morgan fingerprint density at radius 3 is 2.00 bits per heavy atom. The molecule has 4 amide bonds. The highest BCUT2D eigenvalue weighted by Crippen LogP contribution is 2.37. The minimum atomic E-state index is -0.959. The van der Waals surface area contributed by atoms with Gasteiger partial charge in [-0.2, -0.15) is 0 Å². The first-order valence-electron chi connectivity index (χ1n) is 21.7. The lowest BCUT2D eigenvalue weighted by molar-refractivity contribution is -0.136. The van der Waals surface area contributed by atoms with E-state index in [1.165, 1.54) is 11.1 Å². The topological polar surface area (TPSA) is 132 Å². The fraction of sp³-hybridized carbons (Fsp3) is 0.532. The van der Waals surface area contributed by atoms with Crippen LogP contribution in [-0.2, 0) is 15.0 Å². The molecule has 2 N–H and O–H groups in total. The van der Waals surface area contributed by atoms with Crippen LogP contribution in [0.3, 0.4) is 0 Å². The van der Waals surface area contributed by atoms with Crippen LogP contribution >= 0.6 is 11.6 Å². The summed E-state index contributed by atoms with van der Waals surface area (Å²) in [5.41, 5.74) is 3.68. The number of imide groups is 2. The number of fused-ring (bicyclic) bond motifs is 1. The van der Waals surface area contributed by atoms with Crippen molar-refractivity contribution in [3.8, 4) is 11.5 Å². The lowest BCUT2D eigenvalue weighted by Gasteiger charge is -2.45. The highest BCUT2D eigenvalue weighted by molar-refractivity contribution is 6.25. The predicted molar refractivity (Wildman–Crippen MR) is 230 cm³/mol. The van der Waals surface area contributed by atoms with E-state index in [0.717, 1.165) is 101 Å². The van der Waals surface area contributed by atoms with Gasteiger partial charge >= 0.3 is 0 Å². The molecule has 13 heteroatoms. The van der Waals surface area contributed by atoms with Crippen LogP contribution in [0.15, 0.2) is 66.7 Å². The van der Waals surface area contributed by atoms with Crippen molar-refractivity contribution in [2.24, 2.45) is 17.8 Å². The number of aliphatic hydroxyl groups excluding tert-OH is 1. The minimum Gasteiger partial charge on any atom is -0.493 e. The van der Waals surface area contributed by atoms with E-state index in [1.54, 1.807) is 6.07 Å². The number of benzene rings is 3. The smallest absolute Gasteiger partial charge is 0.264 e. The summed E-state index contributed by atoms with van der Waals surface area (Å²) in [5.74, 6) is 1.77. The molecule has 0 spiro atoms. The number of hydrogen-bond acceptors (Lipinski definition) is 10. The number of alkyl halides is 1. The van der Waals surface area contributed by atoms with Gasteiger partial charge in [0.25, 0.3) is 11.8 Å². The van der Waals surface area contributed by atoms with E-state index in [4.69, 9.17) is 21.1 Å². The van der Waals surface area contributed by atoms with Gasteiger partial charge in [-0.25, -0.2) is 0 Å². The molecule has 2 atom stereocenters. The van der Waals surface area contributed by atoms with Crippen LogP contribution in [0.1, 0.15) is 84.2 Å². The first kappa shape index (κ1) is 42.2. The monoisotopic (exact) mass is 839 g/mol. The van der Waals surface area contributed by atoms with Gasteiger partial charge < -0.3 is 29.3 Å². The first-order valence-corrected chi connectivity index (χ1v) is 22.2. The maximum Gasteiger partial charge on any atom is 0.264 e. The molecule has 1 unspecified atom stereocenters. The minimum absolute atomic E-state index is 0.106. The SMILES string of the molecule is CC(C)(c1ccc(OCC2CCN(CC3CN(CC4CCN(c5cccc6c5C(=O)N(C5CCC(=O)NC5=O)C6=O)CC4)C3)CC2)cc1)c1ccc(OC[C@H](O)CCl)cc1. The molecule has 0 radical (unpaired) electrons. The van der Waals surface area contributed by atoms with Crippen LogP contribution in [-0.4, -0.2) is 127 Å². The molecule has 0 aromatic heterocycles. The standard InChI is InChI=1S/C47H58ClN5O7/c1-47(2,35-8-12-38(13-9-35)60-30-36(54)24-48)34-6-10-37(11-7-34)59-29-32-16-20-50(21-17-32)26-33-27-51(28-33)25-31-18-22-52(23-19-31)40-5-3-4-39-43(40)46(58)53(45(39)57)41-14-15-42(55)49-44(41)56/h3-13,31-33,36,41,54H,14-30H2,1-2H3,(H,49,55,56)/t36-,41?/m1/s1. The molecule has 0 saturated carbocycles. The third-order valence-corrected chi connectivity index (χ3v) is 13.8. The maximum absolute atomic E-state index is 13.6. The molecular formula is C47H58ClN5O7.